The molecule has 5 nitrogen and oxygen atoms in total. The lowest BCUT2D eigenvalue weighted by Crippen LogP contribution is -2.35. The monoisotopic (exact) mass is 292 g/mol. The molecule has 0 N–H and O–H groups in total. The van der Waals surface area contributed by atoms with Gasteiger partial charge in [0.25, 0.3) is 0 Å². The van der Waals surface area contributed by atoms with E-state index in [1.165, 1.54) is 19.9 Å². The van der Waals surface area contributed by atoms with Crippen LogP contribution in [0.4, 0.5) is 0 Å². The molecule has 0 spiro atoms. The van der Waals surface area contributed by atoms with Gasteiger partial charge in [-0.1, -0.05) is 36.9 Å². The highest BCUT2D eigenvalue weighted by Gasteiger charge is 2.23. The summed E-state index contributed by atoms with van der Waals surface area (Å²) in [5.74, 6) is -0.870. The Balaban J connectivity index is 2.68. The molecule has 0 bridgehead atoms. The highest BCUT2D eigenvalue weighted by atomic mass is 16.6. The summed E-state index contributed by atoms with van der Waals surface area (Å²) in [4.78, 5) is 22.0. The fraction of sp³-hybridized carbons (Fsp3) is 0.375. The fourth-order valence-electron chi connectivity index (χ4n) is 1.68. The molecule has 1 rings (SSSR count). The number of esters is 2. The maximum Gasteiger partial charge on any atom is 0.303 e. The molecule has 1 aromatic rings. The standard InChI is InChI=1S/C16H20O5/c1-4-15(21-13(3)18)16(11-19-12(2)17)20-10-14-8-6-5-7-9-14/h4-9,15-16H,1,10-11H2,2-3H3/t15-,16-/m1/s1. The largest absolute Gasteiger partial charge is 0.463 e. The molecule has 2 atom stereocenters. The molecule has 1 aromatic carbocycles. The van der Waals surface area contributed by atoms with Gasteiger partial charge in [0.05, 0.1) is 6.61 Å². The van der Waals surface area contributed by atoms with Crippen LogP contribution in [0.25, 0.3) is 0 Å². The predicted molar refractivity (Wildman–Crippen MR) is 77.4 cm³/mol. The van der Waals surface area contributed by atoms with Gasteiger partial charge in [-0.25, -0.2) is 0 Å². The van der Waals surface area contributed by atoms with Crippen LogP contribution in [0.2, 0.25) is 0 Å². The molecule has 0 fully saturated rings. The Morgan fingerprint density at radius 3 is 2.38 bits per heavy atom. The van der Waals surface area contributed by atoms with Gasteiger partial charge in [0.2, 0.25) is 0 Å². The molecule has 0 saturated carbocycles. The molecule has 5 heteroatoms. The molecule has 0 amide bonds. The van der Waals surface area contributed by atoms with E-state index in [0.29, 0.717) is 6.61 Å². The smallest absolute Gasteiger partial charge is 0.303 e. The zero-order chi connectivity index (χ0) is 15.7. The van der Waals surface area contributed by atoms with Gasteiger partial charge in [0, 0.05) is 13.8 Å². The van der Waals surface area contributed by atoms with Crippen molar-refractivity contribution in [1.29, 1.82) is 0 Å². The van der Waals surface area contributed by atoms with E-state index in [9.17, 15) is 9.59 Å². The van der Waals surface area contributed by atoms with Crippen LogP contribution in [0.15, 0.2) is 43.0 Å². The van der Waals surface area contributed by atoms with Gasteiger partial charge < -0.3 is 14.2 Å². The van der Waals surface area contributed by atoms with Crippen molar-refractivity contribution in [2.75, 3.05) is 6.61 Å². The Kier molecular flexibility index (Phi) is 7.18. The number of hydrogen-bond donors (Lipinski definition) is 0. The number of carbonyl (C=O) groups excluding carboxylic acids is 2. The van der Waals surface area contributed by atoms with Crippen LogP contribution < -0.4 is 0 Å². The Labute approximate surface area is 124 Å². The summed E-state index contributed by atoms with van der Waals surface area (Å²) in [5.41, 5.74) is 0.968. The van der Waals surface area contributed by atoms with Crippen LogP contribution in [0.5, 0.6) is 0 Å². The van der Waals surface area contributed by atoms with Crippen LogP contribution in [0.3, 0.4) is 0 Å². The van der Waals surface area contributed by atoms with E-state index in [-0.39, 0.29) is 6.61 Å². The first-order valence-corrected chi connectivity index (χ1v) is 6.61. The van der Waals surface area contributed by atoms with E-state index in [0.717, 1.165) is 5.56 Å². The first-order chi connectivity index (χ1) is 10.0. The van der Waals surface area contributed by atoms with Crippen molar-refractivity contribution in [1.82, 2.24) is 0 Å². The third kappa shape index (κ3) is 6.72. The van der Waals surface area contributed by atoms with Crippen molar-refractivity contribution >= 4 is 11.9 Å². The van der Waals surface area contributed by atoms with E-state index in [4.69, 9.17) is 14.2 Å². The average Bonchev–Trinajstić information content (AvgIpc) is 2.46. The van der Waals surface area contributed by atoms with Gasteiger partial charge >= 0.3 is 11.9 Å². The zero-order valence-electron chi connectivity index (χ0n) is 12.3. The Morgan fingerprint density at radius 1 is 1.19 bits per heavy atom. The molecule has 0 aliphatic rings. The number of benzene rings is 1. The second-order valence-corrected chi connectivity index (χ2v) is 4.45. The summed E-state index contributed by atoms with van der Waals surface area (Å²) >= 11 is 0. The van der Waals surface area contributed by atoms with Gasteiger partial charge in [-0.15, -0.1) is 0 Å². The van der Waals surface area contributed by atoms with Gasteiger partial charge in [-0.3, -0.25) is 9.59 Å². The van der Waals surface area contributed by atoms with Crippen molar-refractivity contribution in [2.24, 2.45) is 0 Å². The van der Waals surface area contributed by atoms with Crippen molar-refractivity contribution < 1.29 is 23.8 Å². The van der Waals surface area contributed by atoms with E-state index < -0.39 is 24.1 Å². The molecular weight excluding hydrogens is 272 g/mol. The summed E-state index contributed by atoms with van der Waals surface area (Å²) in [5, 5.41) is 0. The quantitative estimate of drug-likeness (QED) is 0.543. The number of hydrogen-bond acceptors (Lipinski definition) is 5. The Bertz CT molecular complexity index is 469. The summed E-state index contributed by atoms with van der Waals surface area (Å²) in [6.07, 6.45) is 0.182. The molecule has 0 unspecified atom stereocenters. The summed E-state index contributed by atoms with van der Waals surface area (Å²) in [6.45, 7) is 6.54. The van der Waals surface area contributed by atoms with Crippen LogP contribution in [0, 0.1) is 0 Å². The van der Waals surface area contributed by atoms with E-state index >= 15 is 0 Å². The number of carbonyl (C=O) groups is 2. The van der Waals surface area contributed by atoms with E-state index in [1.54, 1.807) is 0 Å². The third-order valence-electron chi connectivity index (χ3n) is 2.66. The lowest BCUT2D eigenvalue weighted by molar-refractivity contribution is -0.159. The Hall–Kier alpha value is -2.14. The second-order valence-electron chi connectivity index (χ2n) is 4.45. The van der Waals surface area contributed by atoms with Crippen molar-refractivity contribution in [3.8, 4) is 0 Å². The first-order valence-electron chi connectivity index (χ1n) is 6.61. The van der Waals surface area contributed by atoms with Crippen LogP contribution >= 0.6 is 0 Å². The molecule has 0 heterocycles. The summed E-state index contributed by atoms with van der Waals surface area (Å²) in [7, 11) is 0. The zero-order valence-corrected chi connectivity index (χ0v) is 12.3. The predicted octanol–water partition coefficient (Wildman–Crippen LogP) is 2.25. The molecule has 21 heavy (non-hydrogen) atoms. The second kappa shape index (κ2) is 8.92. The van der Waals surface area contributed by atoms with Crippen LogP contribution in [-0.4, -0.2) is 30.8 Å². The van der Waals surface area contributed by atoms with Gasteiger partial charge in [-0.2, -0.15) is 0 Å². The van der Waals surface area contributed by atoms with Gasteiger partial charge in [-0.05, 0) is 11.6 Å². The van der Waals surface area contributed by atoms with Gasteiger partial charge in [0.1, 0.15) is 18.8 Å². The van der Waals surface area contributed by atoms with Crippen molar-refractivity contribution in [3.63, 3.8) is 0 Å². The molecule has 0 aliphatic heterocycles. The van der Waals surface area contributed by atoms with Crippen LogP contribution in [-0.2, 0) is 30.4 Å². The maximum atomic E-state index is 11.1. The fourth-order valence-corrected chi connectivity index (χ4v) is 1.68. The summed E-state index contributed by atoms with van der Waals surface area (Å²) in [6, 6.07) is 9.54. The first kappa shape index (κ1) is 16.9. The highest BCUT2D eigenvalue weighted by Crippen LogP contribution is 2.11. The lowest BCUT2D eigenvalue weighted by atomic mass is 10.2. The topological polar surface area (TPSA) is 61.8 Å². The molecule has 0 saturated heterocycles. The highest BCUT2D eigenvalue weighted by molar-refractivity contribution is 5.66. The molecular formula is C16H20O5. The molecule has 0 radical (unpaired) electrons. The van der Waals surface area contributed by atoms with Crippen LogP contribution in [0.1, 0.15) is 19.4 Å². The van der Waals surface area contributed by atoms with Gasteiger partial charge in [0.15, 0.2) is 0 Å². The minimum absolute atomic E-state index is 0.00780. The molecule has 0 aromatic heterocycles. The normalized spacial score (nSPS) is 13.0. The number of ether oxygens (including phenoxy) is 3. The van der Waals surface area contributed by atoms with Crippen molar-refractivity contribution in [2.45, 2.75) is 32.7 Å². The average molecular weight is 292 g/mol. The summed E-state index contributed by atoms with van der Waals surface area (Å²) < 4.78 is 15.8. The maximum absolute atomic E-state index is 11.1. The molecule has 0 aliphatic carbocycles. The minimum Gasteiger partial charge on any atom is -0.463 e. The molecule has 114 valence electrons. The van der Waals surface area contributed by atoms with Crippen molar-refractivity contribution in [3.05, 3.63) is 48.6 Å². The SMILES string of the molecule is C=C[C@@H](OC(C)=O)[C@@H](COC(C)=O)OCc1ccccc1. The Morgan fingerprint density at radius 2 is 1.86 bits per heavy atom. The lowest BCUT2D eigenvalue weighted by Gasteiger charge is -2.24. The number of rotatable bonds is 8. The minimum atomic E-state index is -0.675. The van der Waals surface area contributed by atoms with E-state index in [2.05, 4.69) is 6.58 Å². The van der Waals surface area contributed by atoms with E-state index in [1.807, 2.05) is 30.3 Å². The third-order valence-corrected chi connectivity index (χ3v) is 2.66.